The molecule has 0 fully saturated rings. The average Bonchev–Trinajstić information content (AvgIpc) is 2.11. The lowest BCUT2D eigenvalue weighted by atomic mass is 10.2. The van der Waals surface area contributed by atoms with Gasteiger partial charge in [-0.15, -0.1) is 0 Å². The highest BCUT2D eigenvalue weighted by molar-refractivity contribution is 5.84. The Balaban J connectivity index is 2.98. The lowest BCUT2D eigenvalue weighted by Gasteiger charge is -2.03. The maximum absolute atomic E-state index is 12.7. The monoisotopic (exact) mass is 198 g/mol. The van der Waals surface area contributed by atoms with E-state index in [4.69, 9.17) is 5.73 Å². The molecule has 0 spiro atoms. The van der Waals surface area contributed by atoms with Gasteiger partial charge >= 0.3 is 0 Å². The number of aliphatic imine (C=N–C) groups is 1. The van der Waals surface area contributed by atoms with Crippen LogP contribution in [0, 0.1) is 17.6 Å². The molecule has 0 aliphatic carbocycles. The fourth-order valence-electron chi connectivity index (χ4n) is 0.833. The summed E-state index contributed by atoms with van der Waals surface area (Å²) in [6.45, 7) is 3.75. The van der Waals surface area contributed by atoms with E-state index >= 15 is 0 Å². The summed E-state index contributed by atoms with van der Waals surface area (Å²) in [7, 11) is 0. The van der Waals surface area contributed by atoms with Crippen LogP contribution in [0.1, 0.15) is 13.8 Å². The number of rotatable bonds is 2. The molecule has 0 saturated carbocycles. The van der Waals surface area contributed by atoms with Crippen LogP contribution in [0.3, 0.4) is 0 Å². The van der Waals surface area contributed by atoms with Gasteiger partial charge in [0.2, 0.25) is 0 Å². The SMILES string of the molecule is CC(C)C(N)=Nc1ccc(F)c(F)c1. The van der Waals surface area contributed by atoms with Crippen LogP contribution >= 0.6 is 0 Å². The van der Waals surface area contributed by atoms with Crippen molar-refractivity contribution in [3.63, 3.8) is 0 Å². The Morgan fingerprint density at radius 1 is 1.29 bits per heavy atom. The fraction of sp³-hybridized carbons (Fsp3) is 0.300. The predicted octanol–water partition coefficient (Wildman–Crippen LogP) is 2.61. The number of hydrogen-bond acceptors (Lipinski definition) is 1. The van der Waals surface area contributed by atoms with Gasteiger partial charge in [-0.05, 0) is 12.1 Å². The molecule has 0 saturated heterocycles. The Bertz CT molecular complexity index is 359. The Labute approximate surface area is 81.5 Å². The normalized spacial score (nSPS) is 12.2. The molecule has 0 unspecified atom stereocenters. The summed E-state index contributed by atoms with van der Waals surface area (Å²) in [5.74, 6) is -1.31. The van der Waals surface area contributed by atoms with E-state index in [9.17, 15) is 8.78 Å². The van der Waals surface area contributed by atoms with Crippen molar-refractivity contribution in [2.75, 3.05) is 0 Å². The van der Waals surface area contributed by atoms with Gasteiger partial charge in [0.1, 0.15) is 5.84 Å². The Kier molecular flexibility index (Phi) is 3.17. The zero-order chi connectivity index (χ0) is 10.7. The van der Waals surface area contributed by atoms with Gasteiger partial charge in [0.25, 0.3) is 0 Å². The molecule has 0 heterocycles. The molecule has 0 aliphatic heterocycles. The number of nitrogens with two attached hydrogens (primary N) is 1. The van der Waals surface area contributed by atoms with Crippen molar-refractivity contribution < 1.29 is 8.78 Å². The summed E-state index contributed by atoms with van der Waals surface area (Å²) in [5.41, 5.74) is 5.90. The zero-order valence-electron chi connectivity index (χ0n) is 8.09. The molecule has 76 valence electrons. The van der Waals surface area contributed by atoms with Crippen molar-refractivity contribution in [2.45, 2.75) is 13.8 Å². The lowest BCUT2D eigenvalue weighted by molar-refractivity contribution is 0.509. The van der Waals surface area contributed by atoms with E-state index < -0.39 is 11.6 Å². The average molecular weight is 198 g/mol. The van der Waals surface area contributed by atoms with Crippen LogP contribution in [0.25, 0.3) is 0 Å². The van der Waals surface area contributed by atoms with E-state index in [0.717, 1.165) is 12.1 Å². The molecule has 1 rings (SSSR count). The summed E-state index contributed by atoms with van der Waals surface area (Å²) in [5, 5.41) is 0. The maximum Gasteiger partial charge on any atom is 0.160 e. The molecule has 14 heavy (non-hydrogen) atoms. The smallest absolute Gasteiger partial charge is 0.160 e. The highest BCUT2D eigenvalue weighted by Crippen LogP contribution is 2.16. The summed E-state index contributed by atoms with van der Waals surface area (Å²) in [6.07, 6.45) is 0. The molecule has 1 aromatic carbocycles. The molecule has 0 amide bonds. The second kappa shape index (κ2) is 4.17. The highest BCUT2D eigenvalue weighted by atomic mass is 19.2. The van der Waals surface area contributed by atoms with Crippen molar-refractivity contribution >= 4 is 11.5 Å². The lowest BCUT2D eigenvalue weighted by Crippen LogP contribution is -2.18. The Morgan fingerprint density at radius 2 is 1.93 bits per heavy atom. The van der Waals surface area contributed by atoms with Gasteiger partial charge in [-0.3, -0.25) is 0 Å². The molecule has 0 radical (unpaired) electrons. The molecule has 2 N–H and O–H groups in total. The number of halogens is 2. The van der Waals surface area contributed by atoms with E-state index in [0.29, 0.717) is 11.5 Å². The van der Waals surface area contributed by atoms with Crippen LogP contribution in [0.2, 0.25) is 0 Å². The third-order valence-corrected chi connectivity index (χ3v) is 1.75. The standard InChI is InChI=1S/C10H12F2N2/c1-6(2)10(13)14-7-3-4-8(11)9(12)5-7/h3-6H,1-2H3,(H2,13,14). The van der Waals surface area contributed by atoms with Gasteiger partial charge in [0.15, 0.2) is 11.6 Å². The molecule has 2 nitrogen and oxygen atoms in total. The summed E-state index contributed by atoms with van der Waals surface area (Å²) in [6, 6.07) is 3.43. The second-order valence-electron chi connectivity index (χ2n) is 3.29. The number of hydrogen-bond donors (Lipinski definition) is 1. The van der Waals surface area contributed by atoms with Gasteiger partial charge in [0, 0.05) is 12.0 Å². The van der Waals surface area contributed by atoms with Gasteiger partial charge in [-0.2, -0.15) is 0 Å². The predicted molar refractivity (Wildman–Crippen MR) is 52.5 cm³/mol. The maximum atomic E-state index is 12.7. The molecular weight excluding hydrogens is 186 g/mol. The van der Waals surface area contributed by atoms with Crippen LogP contribution in [0.4, 0.5) is 14.5 Å². The van der Waals surface area contributed by atoms with E-state index in [2.05, 4.69) is 4.99 Å². The zero-order valence-corrected chi connectivity index (χ0v) is 8.09. The van der Waals surface area contributed by atoms with Crippen molar-refractivity contribution in [3.8, 4) is 0 Å². The topological polar surface area (TPSA) is 38.4 Å². The van der Waals surface area contributed by atoms with Crippen LogP contribution in [-0.4, -0.2) is 5.84 Å². The quantitative estimate of drug-likeness (QED) is 0.575. The first kappa shape index (κ1) is 10.6. The largest absolute Gasteiger partial charge is 0.387 e. The molecule has 0 atom stereocenters. The van der Waals surface area contributed by atoms with Gasteiger partial charge in [-0.25, -0.2) is 13.8 Å². The van der Waals surface area contributed by atoms with E-state index in [-0.39, 0.29) is 5.92 Å². The fourth-order valence-corrected chi connectivity index (χ4v) is 0.833. The Hall–Kier alpha value is -1.45. The molecule has 0 bridgehead atoms. The molecular formula is C10H12F2N2. The third kappa shape index (κ3) is 2.52. The molecule has 0 aromatic heterocycles. The summed E-state index contributed by atoms with van der Waals surface area (Å²) in [4.78, 5) is 3.95. The van der Waals surface area contributed by atoms with E-state index in [1.165, 1.54) is 6.07 Å². The van der Waals surface area contributed by atoms with Gasteiger partial charge in [-0.1, -0.05) is 13.8 Å². The summed E-state index contributed by atoms with van der Waals surface area (Å²) >= 11 is 0. The molecule has 0 aliphatic rings. The number of benzene rings is 1. The number of amidine groups is 1. The minimum absolute atomic E-state index is 0.0862. The van der Waals surface area contributed by atoms with Crippen LogP contribution < -0.4 is 5.73 Å². The first-order valence-corrected chi connectivity index (χ1v) is 4.30. The third-order valence-electron chi connectivity index (χ3n) is 1.75. The summed E-state index contributed by atoms with van der Waals surface area (Å²) < 4.78 is 25.3. The van der Waals surface area contributed by atoms with Gasteiger partial charge in [0.05, 0.1) is 5.69 Å². The van der Waals surface area contributed by atoms with Crippen molar-refractivity contribution in [1.82, 2.24) is 0 Å². The molecule has 4 heteroatoms. The second-order valence-corrected chi connectivity index (χ2v) is 3.29. The van der Waals surface area contributed by atoms with Crippen molar-refractivity contribution in [1.29, 1.82) is 0 Å². The van der Waals surface area contributed by atoms with E-state index in [1.54, 1.807) is 0 Å². The minimum Gasteiger partial charge on any atom is -0.387 e. The van der Waals surface area contributed by atoms with Crippen LogP contribution in [0.5, 0.6) is 0 Å². The molecule has 1 aromatic rings. The van der Waals surface area contributed by atoms with Crippen molar-refractivity contribution in [3.05, 3.63) is 29.8 Å². The highest BCUT2D eigenvalue weighted by Gasteiger charge is 2.03. The van der Waals surface area contributed by atoms with Gasteiger partial charge < -0.3 is 5.73 Å². The van der Waals surface area contributed by atoms with E-state index in [1.807, 2.05) is 13.8 Å². The number of nitrogens with zero attached hydrogens (tertiary/aromatic N) is 1. The first-order chi connectivity index (χ1) is 6.50. The van der Waals surface area contributed by atoms with Crippen LogP contribution in [0.15, 0.2) is 23.2 Å². The minimum atomic E-state index is -0.914. The first-order valence-electron chi connectivity index (χ1n) is 4.30. The Morgan fingerprint density at radius 3 is 2.43 bits per heavy atom. The van der Waals surface area contributed by atoms with Crippen molar-refractivity contribution in [2.24, 2.45) is 16.6 Å². The van der Waals surface area contributed by atoms with Crippen LogP contribution in [-0.2, 0) is 0 Å².